The summed E-state index contributed by atoms with van der Waals surface area (Å²) in [6.07, 6.45) is 0.312. The first-order chi connectivity index (χ1) is 9.63. The third-order valence-corrected chi connectivity index (χ3v) is 4.95. The Morgan fingerprint density at radius 2 is 2.10 bits per heavy atom. The fourth-order valence-corrected chi connectivity index (χ4v) is 3.30. The maximum atomic E-state index is 12.6. The monoisotopic (exact) mass is 348 g/mol. The van der Waals surface area contributed by atoms with E-state index in [1.807, 2.05) is 43.3 Å². The number of para-hydroxylation sites is 1. The van der Waals surface area contributed by atoms with E-state index < -0.39 is 0 Å². The van der Waals surface area contributed by atoms with E-state index in [1.165, 1.54) is 11.3 Å². The van der Waals surface area contributed by atoms with Gasteiger partial charge in [-0.25, -0.2) is 0 Å². The predicted molar refractivity (Wildman–Crippen MR) is 85.1 cm³/mol. The summed E-state index contributed by atoms with van der Waals surface area (Å²) < 4.78 is 0.967. The first-order valence-corrected chi connectivity index (χ1v) is 7.74. The van der Waals surface area contributed by atoms with Gasteiger partial charge in [0.1, 0.15) is 0 Å². The third-order valence-electron chi connectivity index (χ3n) is 2.83. The van der Waals surface area contributed by atoms with Gasteiger partial charge >= 0.3 is 0 Å². The highest BCUT2D eigenvalue weighted by Gasteiger charge is 2.19. The van der Waals surface area contributed by atoms with Crippen LogP contribution < -0.4 is 4.90 Å². The molecule has 0 spiro atoms. The molecule has 0 aliphatic rings. The van der Waals surface area contributed by atoms with Gasteiger partial charge in [-0.05, 0) is 46.6 Å². The average Bonchev–Trinajstić information content (AvgIpc) is 2.80. The van der Waals surface area contributed by atoms with Crippen LogP contribution in [0.3, 0.4) is 0 Å². The minimum atomic E-state index is -0.0646. The molecule has 0 aliphatic carbocycles. The van der Waals surface area contributed by atoms with Crippen molar-refractivity contribution in [3.05, 3.63) is 50.6 Å². The Morgan fingerprint density at radius 1 is 1.40 bits per heavy atom. The number of aryl methyl sites for hydroxylation is 1. The number of benzene rings is 1. The van der Waals surface area contributed by atoms with E-state index in [1.54, 1.807) is 4.90 Å². The quantitative estimate of drug-likeness (QED) is 0.822. The molecule has 0 unspecified atom stereocenters. The van der Waals surface area contributed by atoms with Crippen molar-refractivity contribution in [2.24, 2.45) is 0 Å². The zero-order valence-corrected chi connectivity index (χ0v) is 13.4. The zero-order chi connectivity index (χ0) is 14.5. The summed E-state index contributed by atoms with van der Waals surface area (Å²) in [5, 5.41) is 8.77. The number of halogens is 1. The molecule has 1 aromatic heterocycles. The fourth-order valence-electron chi connectivity index (χ4n) is 1.82. The van der Waals surface area contributed by atoms with Crippen molar-refractivity contribution in [2.45, 2.75) is 13.3 Å². The molecule has 0 saturated heterocycles. The Labute approximate surface area is 130 Å². The molecular formula is C15H13BrN2OS. The smallest absolute Gasteiger partial charge is 0.268 e. The van der Waals surface area contributed by atoms with Crippen LogP contribution in [-0.4, -0.2) is 12.5 Å². The molecule has 1 aromatic carbocycles. The molecule has 3 nitrogen and oxygen atoms in total. The van der Waals surface area contributed by atoms with E-state index in [0.717, 1.165) is 15.0 Å². The number of thiophene rings is 1. The minimum Gasteiger partial charge on any atom is -0.307 e. The van der Waals surface area contributed by atoms with Crippen LogP contribution in [0.4, 0.5) is 5.69 Å². The standard InChI is InChI=1S/C15H13BrN2OS/c1-11-10-13(20-14(11)16)15(19)18(9-5-8-17)12-6-3-2-4-7-12/h2-4,6-7,10H,5,9H2,1H3. The van der Waals surface area contributed by atoms with Crippen LogP contribution in [-0.2, 0) is 0 Å². The minimum absolute atomic E-state index is 0.0646. The Morgan fingerprint density at radius 3 is 2.65 bits per heavy atom. The van der Waals surface area contributed by atoms with E-state index >= 15 is 0 Å². The molecule has 0 radical (unpaired) electrons. The number of amides is 1. The zero-order valence-electron chi connectivity index (χ0n) is 11.0. The highest BCUT2D eigenvalue weighted by Crippen LogP contribution is 2.29. The van der Waals surface area contributed by atoms with Gasteiger partial charge in [0.2, 0.25) is 0 Å². The lowest BCUT2D eigenvalue weighted by Gasteiger charge is -2.21. The average molecular weight is 349 g/mol. The van der Waals surface area contributed by atoms with Crippen molar-refractivity contribution in [1.82, 2.24) is 0 Å². The summed E-state index contributed by atoms with van der Waals surface area (Å²) in [7, 11) is 0. The number of nitrogens with zero attached hydrogens (tertiary/aromatic N) is 2. The number of carbonyl (C=O) groups is 1. The molecule has 2 aromatic rings. The summed E-state index contributed by atoms with van der Waals surface area (Å²) in [5.74, 6) is -0.0646. The highest BCUT2D eigenvalue weighted by molar-refractivity contribution is 9.11. The normalized spacial score (nSPS) is 10.1. The molecule has 2 rings (SSSR count). The molecule has 1 amide bonds. The number of hydrogen-bond donors (Lipinski definition) is 0. The molecule has 102 valence electrons. The van der Waals surface area contributed by atoms with Gasteiger partial charge in [-0.2, -0.15) is 5.26 Å². The van der Waals surface area contributed by atoms with E-state index in [0.29, 0.717) is 17.8 Å². The molecule has 0 atom stereocenters. The molecule has 5 heteroatoms. The van der Waals surface area contributed by atoms with E-state index in [4.69, 9.17) is 5.26 Å². The number of anilines is 1. The maximum absolute atomic E-state index is 12.6. The molecule has 0 N–H and O–H groups in total. The van der Waals surface area contributed by atoms with Crippen LogP contribution in [0.5, 0.6) is 0 Å². The van der Waals surface area contributed by atoms with Crippen molar-refractivity contribution in [3.63, 3.8) is 0 Å². The molecule has 20 heavy (non-hydrogen) atoms. The lowest BCUT2D eigenvalue weighted by Crippen LogP contribution is -2.31. The van der Waals surface area contributed by atoms with Crippen molar-refractivity contribution >= 4 is 38.9 Å². The van der Waals surface area contributed by atoms with Gasteiger partial charge in [0, 0.05) is 12.2 Å². The summed E-state index contributed by atoms with van der Waals surface area (Å²) in [6, 6.07) is 13.4. The Bertz CT molecular complexity index is 626. The van der Waals surface area contributed by atoms with Crippen LogP contribution in [0.25, 0.3) is 0 Å². The molecule has 0 fully saturated rings. The second-order valence-corrected chi connectivity index (χ2v) is 6.64. The third kappa shape index (κ3) is 3.27. The van der Waals surface area contributed by atoms with E-state index in [9.17, 15) is 4.79 Å². The lowest BCUT2D eigenvalue weighted by molar-refractivity contribution is 0.0991. The summed E-state index contributed by atoms with van der Waals surface area (Å²) in [4.78, 5) is 15.0. The maximum Gasteiger partial charge on any atom is 0.268 e. The van der Waals surface area contributed by atoms with Crippen LogP contribution >= 0.6 is 27.3 Å². The molecular weight excluding hydrogens is 336 g/mol. The van der Waals surface area contributed by atoms with Gasteiger partial charge in [0.15, 0.2) is 0 Å². The molecule has 0 saturated carbocycles. The first kappa shape index (κ1) is 14.8. The first-order valence-electron chi connectivity index (χ1n) is 6.13. The number of hydrogen-bond acceptors (Lipinski definition) is 3. The Kier molecular flexibility index (Phi) is 4.94. The van der Waals surface area contributed by atoms with Crippen LogP contribution in [0.1, 0.15) is 21.7 Å². The van der Waals surface area contributed by atoms with Crippen molar-refractivity contribution < 1.29 is 4.79 Å². The fraction of sp³-hybridized carbons (Fsp3) is 0.200. The molecule has 0 bridgehead atoms. The molecule has 1 heterocycles. The van der Waals surface area contributed by atoms with Crippen LogP contribution in [0.2, 0.25) is 0 Å². The van der Waals surface area contributed by atoms with Gasteiger partial charge in [0.05, 0.1) is 21.2 Å². The van der Waals surface area contributed by atoms with Gasteiger partial charge < -0.3 is 4.90 Å². The topological polar surface area (TPSA) is 44.1 Å². The number of nitriles is 1. The van der Waals surface area contributed by atoms with Crippen LogP contribution in [0, 0.1) is 18.3 Å². The Balaban J connectivity index is 2.31. The number of carbonyl (C=O) groups excluding carboxylic acids is 1. The Hall–Kier alpha value is -1.64. The summed E-state index contributed by atoms with van der Waals surface area (Å²) in [6.45, 7) is 2.35. The molecule has 0 aliphatic heterocycles. The van der Waals surface area contributed by atoms with Gasteiger partial charge in [-0.1, -0.05) is 18.2 Å². The lowest BCUT2D eigenvalue weighted by atomic mass is 10.2. The summed E-state index contributed by atoms with van der Waals surface area (Å²) >= 11 is 4.86. The highest BCUT2D eigenvalue weighted by atomic mass is 79.9. The largest absolute Gasteiger partial charge is 0.307 e. The summed E-state index contributed by atoms with van der Waals surface area (Å²) in [5.41, 5.74) is 1.86. The van der Waals surface area contributed by atoms with Gasteiger partial charge in [-0.15, -0.1) is 11.3 Å². The second-order valence-electron chi connectivity index (χ2n) is 4.27. The van der Waals surface area contributed by atoms with Crippen LogP contribution in [0.15, 0.2) is 40.2 Å². The van der Waals surface area contributed by atoms with Crippen molar-refractivity contribution in [3.8, 4) is 6.07 Å². The predicted octanol–water partition coefficient (Wildman–Crippen LogP) is 4.38. The van der Waals surface area contributed by atoms with Crippen molar-refractivity contribution in [1.29, 1.82) is 5.26 Å². The van der Waals surface area contributed by atoms with Gasteiger partial charge in [-0.3, -0.25) is 4.79 Å². The van der Waals surface area contributed by atoms with Crippen molar-refractivity contribution in [2.75, 3.05) is 11.4 Å². The number of rotatable bonds is 4. The SMILES string of the molecule is Cc1cc(C(=O)N(CCC#N)c2ccccc2)sc1Br. The van der Waals surface area contributed by atoms with E-state index in [-0.39, 0.29) is 5.91 Å². The van der Waals surface area contributed by atoms with E-state index in [2.05, 4.69) is 22.0 Å². The second kappa shape index (κ2) is 6.69. The van der Waals surface area contributed by atoms with Gasteiger partial charge in [0.25, 0.3) is 5.91 Å².